The van der Waals surface area contributed by atoms with Crippen LogP contribution in [0.5, 0.6) is 0 Å². The highest BCUT2D eigenvalue weighted by Crippen LogP contribution is 2.19. The summed E-state index contributed by atoms with van der Waals surface area (Å²) in [6.07, 6.45) is 2.30. The smallest absolute Gasteiger partial charge is 0.330 e. The summed E-state index contributed by atoms with van der Waals surface area (Å²) in [5.41, 5.74) is 0. The fourth-order valence-corrected chi connectivity index (χ4v) is 1.19. The third-order valence-corrected chi connectivity index (χ3v) is 2.10. The lowest BCUT2D eigenvalue weighted by Crippen LogP contribution is -2.22. The molecule has 0 aliphatic carbocycles. The summed E-state index contributed by atoms with van der Waals surface area (Å²) in [4.78, 5) is 10.7. The molecule has 0 saturated carbocycles. The molecule has 0 aromatic carbocycles. The summed E-state index contributed by atoms with van der Waals surface area (Å²) >= 11 is 0. The summed E-state index contributed by atoms with van der Waals surface area (Å²) in [6, 6.07) is 0. The zero-order valence-electron chi connectivity index (χ0n) is 7.29. The molecule has 0 spiro atoms. The summed E-state index contributed by atoms with van der Waals surface area (Å²) in [7, 11) is 0. The third kappa shape index (κ3) is 2.34. The van der Waals surface area contributed by atoms with Gasteiger partial charge in [0.25, 0.3) is 0 Å². The summed E-state index contributed by atoms with van der Waals surface area (Å²) in [6.45, 7) is 6.53. The lowest BCUT2D eigenvalue weighted by Gasteiger charge is -2.13. The first-order valence-corrected chi connectivity index (χ1v) is 4.15. The lowest BCUT2D eigenvalue weighted by atomic mass is 10.1. The third-order valence-electron chi connectivity index (χ3n) is 2.10. The minimum absolute atomic E-state index is 0.0777. The first-order chi connectivity index (χ1) is 5.74. The molecule has 0 aromatic heterocycles. The number of rotatable bonds is 3. The fourth-order valence-electron chi connectivity index (χ4n) is 1.19. The van der Waals surface area contributed by atoms with Gasteiger partial charge in [-0.15, -0.1) is 0 Å². The van der Waals surface area contributed by atoms with Gasteiger partial charge in [-0.25, -0.2) is 4.79 Å². The first-order valence-electron chi connectivity index (χ1n) is 4.15. The van der Waals surface area contributed by atoms with Gasteiger partial charge in [-0.05, 0) is 12.3 Å². The van der Waals surface area contributed by atoms with Gasteiger partial charge in [0.1, 0.15) is 6.61 Å². The fraction of sp³-hybridized carbons (Fsp3) is 0.667. The first kappa shape index (κ1) is 9.26. The van der Waals surface area contributed by atoms with Gasteiger partial charge in [0, 0.05) is 12.7 Å². The van der Waals surface area contributed by atoms with E-state index >= 15 is 0 Å². The van der Waals surface area contributed by atoms with E-state index in [1.807, 2.05) is 0 Å². The molecule has 0 N–H and O–H groups in total. The van der Waals surface area contributed by atoms with Crippen molar-refractivity contribution in [1.82, 2.24) is 0 Å². The van der Waals surface area contributed by atoms with Crippen LogP contribution in [0.4, 0.5) is 0 Å². The van der Waals surface area contributed by atoms with Gasteiger partial charge >= 0.3 is 5.97 Å². The molecule has 3 heteroatoms. The van der Waals surface area contributed by atoms with Crippen molar-refractivity contribution in [3.63, 3.8) is 0 Å². The Morgan fingerprint density at radius 1 is 1.83 bits per heavy atom. The largest absolute Gasteiger partial charge is 0.460 e. The zero-order chi connectivity index (χ0) is 8.97. The van der Waals surface area contributed by atoms with E-state index in [1.54, 1.807) is 0 Å². The molecule has 1 fully saturated rings. The zero-order valence-corrected chi connectivity index (χ0v) is 7.29. The van der Waals surface area contributed by atoms with Crippen LogP contribution < -0.4 is 0 Å². The van der Waals surface area contributed by atoms with E-state index in [9.17, 15) is 4.79 Å². The van der Waals surface area contributed by atoms with Gasteiger partial charge < -0.3 is 9.47 Å². The molecule has 3 nitrogen and oxygen atoms in total. The van der Waals surface area contributed by atoms with E-state index in [-0.39, 0.29) is 12.1 Å². The van der Waals surface area contributed by atoms with Crippen LogP contribution in [0.25, 0.3) is 0 Å². The highest BCUT2D eigenvalue weighted by molar-refractivity contribution is 5.81. The molecular weight excluding hydrogens is 156 g/mol. The Labute approximate surface area is 72.4 Å². The summed E-state index contributed by atoms with van der Waals surface area (Å²) < 4.78 is 10.2. The Morgan fingerprint density at radius 3 is 3.08 bits per heavy atom. The normalized spacial score (nSPS) is 28.4. The minimum Gasteiger partial charge on any atom is -0.460 e. The van der Waals surface area contributed by atoms with Gasteiger partial charge in [-0.2, -0.15) is 0 Å². The van der Waals surface area contributed by atoms with E-state index in [0.717, 1.165) is 13.0 Å². The van der Waals surface area contributed by atoms with Crippen molar-refractivity contribution < 1.29 is 14.3 Å². The Balaban J connectivity index is 2.22. The number of hydrogen-bond acceptors (Lipinski definition) is 3. The second kappa shape index (κ2) is 4.26. The van der Waals surface area contributed by atoms with Crippen molar-refractivity contribution in [1.29, 1.82) is 0 Å². The summed E-state index contributed by atoms with van der Waals surface area (Å²) in [5.74, 6) is 0.111. The SMILES string of the molecule is C=CC(=O)OCC1OCCC1C. The Kier molecular flexibility index (Phi) is 3.29. The standard InChI is InChI=1S/C9H14O3/c1-3-9(10)12-6-8-7(2)4-5-11-8/h3,7-8H,1,4-6H2,2H3. The van der Waals surface area contributed by atoms with Crippen LogP contribution >= 0.6 is 0 Å². The van der Waals surface area contributed by atoms with Crippen molar-refractivity contribution in [2.75, 3.05) is 13.2 Å². The highest BCUT2D eigenvalue weighted by atomic mass is 16.6. The van der Waals surface area contributed by atoms with Crippen molar-refractivity contribution in [3.05, 3.63) is 12.7 Å². The second-order valence-corrected chi connectivity index (χ2v) is 3.01. The molecule has 1 rings (SSSR count). The number of carbonyl (C=O) groups is 1. The van der Waals surface area contributed by atoms with E-state index in [1.165, 1.54) is 6.08 Å². The molecule has 1 aliphatic heterocycles. The number of carbonyl (C=O) groups excluding carboxylic acids is 1. The lowest BCUT2D eigenvalue weighted by molar-refractivity contribution is -0.141. The van der Waals surface area contributed by atoms with Crippen LogP contribution in [0.15, 0.2) is 12.7 Å². The van der Waals surface area contributed by atoms with E-state index < -0.39 is 0 Å². The van der Waals surface area contributed by atoms with E-state index in [4.69, 9.17) is 9.47 Å². The number of esters is 1. The molecule has 2 unspecified atom stereocenters. The number of hydrogen-bond donors (Lipinski definition) is 0. The Hall–Kier alpha value is -0.830. The van der Waals surface area contributed by atoms with E-state index in [0.29, 0.717) is 12.5 Å². The highest BCUT2D eigenvalue weighted by Gasteiger charge is 2.24. The molecule has 0 bridgehead atoms. The molecule has 0 amide bonds. The van der Waals surface area contributed by atoms with Crippen LogP contribution in [0.3, 0.4) is 0 Å². The molecule has 0 aromatic rings. The quantitative estimate of drug-likeness (QED) is 0.470. The van der Waals surface area contributed by atoms with Crippen molar-refractivity contribution >= 4 is 5.97 Å². The minimum atomic E-state index is -0.377. The maximum atomic E-state index is 10.7. The van der Waals surface area contributed by atoms with Gasteiger partial charge in [-0.3, -0.25) is 0 Å². The van der Waals surface area contributed by atoms with Crippen LogP contribution in [-0.4, -0.2) is 25.3 Å². The molecule has 68 valence electrons. The van der Waals surface area contributed by atoms with Crippen LogP contribution in [0, 0.1) is 5.92 Å². The topological polar surface area (TPSA) is 35.5 Å². The van der Waals surface area contributed by atoms with Crippen molar-refractivity contribution in [2.45, 2.75) is 19.4 Å². The predicted octanol–water partition coefficient (Wildman–Crippen LogP) is 1.14. The molecule has 2 atom stereocenters. The molecule has 1 saturated heterocycles. The average molecular weight is 170 g/mol. The molecule has 1 aliphatic rings. The monoisotopic (exact) mass is 170 g/mol. The molecule has 12 heavy (non-hydrogen) atoms. The van der Waals surface area contributed by atoms with E-state index in [2.05, 4.69) is 13.5 Å². The predicted molar refractivity (Wildman–Crippen MR) is 44.7 cm³/mol. The van der Waals surface area contributed by atoms with Crippen molar-refractivity contribution in [3.8, 4) is 0 Å². The molecule has 0 radical (unpaired) electrons. The Morgan fingerprint density at radius 2 is 2.58 bits per heavy atom. The second-order valence-electron chi connectivity index (χ2n) is 3.01. The van der Waals surface area contributed by atoms with Gasteiger partial charge in [-0.1, -0.05) is 13.5 Å². The van der Waals surface area contributed by atoms with Crippen molar-refractivity contribution in [2.24, 2.45) is 5.92 Å². The van der Waals surface area contributed by atoms with Crippen LogP contribution in [0.2, 0.25) is 0 Å². The maximum absolute atomic E-state index is 10.7. The van der Waals surface area contributed by atoms with Gasteiger partial charge in [0.2, 0.25) is 0 Å². The molecular formula is C9H14O3. The van der Waals surface area contributed by atoms with Gasteiger partial charge in [0.05, 0.1) is 6.10 Å². The van der Waals surface area contributed by atoms with Crippen LogP contribution in [0.1, 0.15) is 13.3 Å². The molecule has 1 heterocycles. The maximum Gasteiger partial charge on any atom is 0.330 e. The van der Waals surface area contributed by atoms with Gasteiger partial charge in [0.15, 0.2) is 0 Å². The summed E-state index contributed by atoms with van der Waals surface area (Å²) in [5, 5.41) is 0. The Bertz CT molecular complexity index is 177. The average Bonchev–Trinajstić information content (AvgIpc) is 2.47. The number of ether oxygens (including phenoxy) is 2. The van der Waals surface area contributed by atoms with Crippen LogP contribution in [-0.2, 0) is 14.3 Å².